The maximum atomic E-state index is 11.7. The number of esters is 1. The maximum Gasteiger partial charge on any atom is 0.411 e. The Morgan fingerprint density at radius 3 is 2.47 bits per heavy atom. The topological polar surface area (TPSA) is 64.6 Å². The first kappa shape index (κ1) is 15.5. The van der Waals surface area contributed by atoms with Gasteiger partial charge in [0.25, 0.3) is 0 Å². The van der Waals surface area contributed by atoms with Crippen molar-refractivity contribution < 1.29 is 19.1 Å². The number of benzene rings is 1. The molecule has 0 unspecified atom stereocenters. The van der Waals surface area contributed by atoms with Crippen LogP contribution in [0.3, 0.4) is 0 Å². The molecule has 0 bridgehead atoms. The van der Waals surface area contributed by atoms with E-state index in [-0.39, 0.29) is 11.7 Å². The van der Waals surface area contributed by atoms with Gasteiger partial charge in [-0.1, -0.05) is 15.9 Å². The summed E-state index contributed by atoms with van der Waals surface area (Å²) in [6, 6.07) is 3.30. The number of hydrogen-bond acceptors (Lipinski definition) is 4. The van der Waals surface area contributed by atoms with E-state index in [1.54, 1.807) is 32.9 Å². The molecule has 0 aromatic heterocycles. The zero-order valence-corrected chi connectivity index (χ0v) is 12.8. The summed E-state index contributed by atoms with van der Waals surface area (Å²) in [5, 5.41) is 2.57. The van der Waals surface area contributed by atoms with E-state index < -0.39 is 12.1 Å². The highest BCUT2D eigenvalue weighted by atomic mass is 79.9. The summed E-state index contributed by atoms with van der Waals surface area (Å²) in [4.78, 5) is 23.3. The van der Waals surface area contributed by atoms with Gasteiger partial charge < -0.3 is 9.47 Å². The standard InChI is InChI=1S/C13H16BrNO4/c1-7(2)19-13(17)15-11-8(3)10(14)6-5-9(11)12(16)18-4/h5-7H,1-4H3,(H,15,17). The summed E-state index contributed by atoms with van der Waals surface area (Å²) in [5.74, 6) is -0.518. The first-order chi connectivity index (χ1) is 8.86. The van der Waals surface area contributed by atoms with E-state index in [4.69, 9.17) is 4.74 Å². The highest BCUT2D eigenvalue weighted by Crippen LogP contribution is 2.28. The highest BCUT2D eigenvalue weighted by Gasteiger charge is 2.18. The molecule has 19 heavy (non-hydrogen) atoms. The third-order valence-electron chi connectivity index (χ3n) is 2.37. The fourth-order valence-corrected chi connectivity index (χ4v) is 1.80. The molecule has 0 saturated carbocycles. The smallest absolute Gasteiger partial charge is 0.411 e. The summed E-state index contributed by atoms with van der Waals surface area (Å²) in [6.07, 6.45) is -0.851. The maximum absolute atomic E-state index is 11.7. The largest absolute Gasteiger partial charge is 0.465 e. The van der Waals surface area contributed by atoms with E-state index in [1.165, 1.54) is 7.11 Å². The molecule has 1 amide bonds. The van der Waals surface area contributed by atoms with E-state index in [0.717, 1.165) is 10.0 Å². The number of amides is 1. The van der Waals surface area contributed by atoms with Crippen LogP contribution in [0.15, 0.2) is 16.6 Å². The van der Waals surface area contributed by atoms with Gasteiger partial charge in [0.1, 0.15) is 0 Å². The first-order valence-electron chi connectivity index (χ1n) is 5.71. The van der Waals surface area contributed by atoms with Crippen molar-refractivity contribution in [3.8, 4) is 0 Å². The summed E-state index contributed by atoms with van der Waals surface area (Å²) in [6.45, 7) is 5.27. The number of nitrogens with one attached hydrogen (secondary N) is 1. The van der Waals surface area contributed by atoms with Crippen LogP contribution in [-0.4, -0.2) is 25.3 Å². The molecule has 0 aliphatic rings. The predicted molar refractivity (Wildman–Crippen MR) is 75.5 cm³/mol. The first-order valence-corrected chi connectivity index (χ1v) is 6.51. The lowest BCUT2D eigenvalue weighted by atomic mass is 10.1. The molecule has 0 atom stereocenters. The fourth-order valence-electron chi connectivity index (χ4n) is 1.47. The molecule has 0 heterocycles. The van der Waals surface area contributed by atoms with Crippen LogP contribution in [0.5, 0.6) is 0 Å². The van der Waals surface area contributed by atoms with Gasteiger partial charge >= 0.3 is 12.1 Å². The molecule has 0 radical (unpaired) electrons. The molecule has 1 rings (SSSR count). The Labute approximate surface area is 120 Å². The van der Waals surface area contributed by atoms with Gasteiger partial charge in [0, 0.05) is 4.47 Å². The van der Waals surface area contributed by atoms with Crippen molar-refractivity contribution in [2.75, 3.05) is 12.4 Å². The van der Waals surface area contributed by atoms with Gasteiger partial charge in [-0.2, -0.15) is 0 Å². The molecule has 104 valence electrons. The van der Waals surface area contributed by atoms with Crippen LogP contribution in [0.2, 0.25) is 0 Å². The molecule has 5 nitrogen and oxygen atoms in total. The minimum Gasteiger partial charge on any atom is -0.465 e. The van der Waals surface area contributed by atoms with Gasteiger partial charge in [-0.3, -0.25) is 5.32 Å². The van der Waals surface area contributed by atoms with Gasteiger partial charge in [0.15, 0.2) is 0 Å². The Hall–Kier alpha value is -1.56. The second-order valence-electron chi connectivity index (χ2n) is 4.17. The van der Waals surface area contributed by atoms with Crippen LogP contribution in [-0.2, 0) is 9.47 Å². The zero-order chi connectivity index (χ0) is 14.6. The summed E-state index contributed by atoms with van der Waals surface area (Å²) in [7, 11) is 1.29. The van der Waals surface area contributed by atoms with Crippen molar-refractivity contribution in [3.05, 3.63) is 27.7 Å². The molecule has 0 spiro atoms. The average Bonchev–Trinajstić information content (AvgIpc) is 2.33. The van der Waals surface area contributed by atoms with Crippen molar-refractivity contribution in [3.63, 3.8) is 0 Å². The quantitative estimate of drug-likeness (QED) is 0.862. The van der Waals surface area contributed by atoms with Crippen molar-refractivity contribution >= 4 is 33.7 Å². The van der Waals surface area contributed by atoms with Crippen molar-refractivity contribution in [1.82, 2.24) is 0 Å². The number of methoxy groups -OCH3 is 1. The SMILES string of the molecule is COC(=O)c1ccc(Br)c(C)c1NC(=O)OC(C)C. The van der Waals surface area contributed by atoms with Gasteiger partial charge in [-0.25, -0.2) is 9.59 Å². The Morgan fingerprint density at radius 1 is 1.32 bits per heavy atom. The predicted octanol–water partition coefficient (Wildman–Crippen LogP) is 3.50. The molecule has 0 aliphatic heterocycles. The number of anilines is 1. The summed E-state index contributed by atoms with van der Waals surface area (Å²) in [5.41, 5.74) is 1.39. The number of rotatable bonds is 3. The van der Waals surface area contributed by atoms with E-state index >= 15 is 0 Å². The van der Waals surface area contributed by atoms with Crippen molar-refractivity contribution in [2.24, 2.45) is 0 Å². The molecule has 0 aliphatic carbocycles. The van der Waals surface area contributed by atoms with Gasteiger partial charge in [-0.15, -0.1) is 0 Å². The van der Waals surface area contributed by atoms with Crippen molar-refractivity contribution in [2.45, 2.75) is 26.9 Å². The van der Waals surface area contributed by atoms with Crippen LogP contribution in [0.4, 0.5) is 10.5 Å². The second kappa shape index (κ2) is 6.56. The number of carbonyl (C=O) groups is 2. The van der Waals surface area contributed by atoms with Gasteiger partial charge in [0.2, 0.25) is 0 Å². The summed E-state index contributed by atoms with van der Waals surface area (Å²) < 4.78 is 10.5. The molecule has 0 fully saturated rings. The number of carbonyl (C=O) groups excluding carboxylic acids is 2. The van der Waals surface area contributed by atoms with Crippen molar-refractivity contribution in [1.29, 1.82) is 0 Å². The van der Waals surface area contributed by atoms with Crippen LogP contribution < -0.4 is 5.32 Å². The summed E-state index contributed by atoms with van der Waals surface area (Å²) >= 11 is 3.35. The number of halogens is 1. The van der Waals surface area contributed by atoms with Crippen LogP contribution in [0.1, 0.15) is 29.8 Å². The zero-order valence-electron chi connectivity index (χ0n) is 11.2. The average molecular weight is 330 g/mol. The number of hydrogen-bond donors (Lipinski definition) is 1. The fraction of sp³-hybridized carbons (Fsp3) is 0.385. The van der Waals surface area contributed by atoms with E-state index in [9.17, 15) is 9.59 Å². The van der Waals surface area contributed by atoms with Gasteiger partial charge in [0.05, 0.1) is 24.5 Å². The Bertz CT molecular complexity index is 500. The normalized spacial score (nSPS) is 10.2. The van der Waals surface area contributed by atoms with Crippen LogP contribution in [0.25, 0.3) is 0 Å². The molecule has 1 N–H and O–H groups in total. The number of ether oxygens (including phenoxy) is 2. The third kappa shape index (κ3) is 3.96. The van der Waals surface area contributed by atoms with E-state index in [1.807, 2.05) is 0 Å². The lowest BCUT2D eigenvalue weighted by molar-refractivity contribution is 0.0602. The molecule has 1 aromatic carbocycles. The lowest BCUT2D eigenvalue weighted by Gasteiger charge is -2.15. The monoisotopic (exact) mass is 329 g/mol. The minimum absolute atomic E-state index is 0.242. The Balaban J connectivity index is 3.12. The lowest BCUT2D eigenvalue weighted by Crippen LogP contribution is -2.20. The second-order valence-corrected chi connectivity index (χ2v) is 5.02. The molecule has 6 heteroatoms. The van der Waals surface area contributed by atoms with Crippen LogP contribution in [0, 0.1) is 6.92 Å². The molecular formula is C13H16BrNO4. The molecule has 1 aromatic rings. The Kier molecular flexibility index (Phi) is 5.35. The van der Waals surface area contributed by atoms with Crippen LogP contribution >= 0.6 is 15.9 Å². The molecular weight excluding hydrogens is 314 g/mol. The Morgan fingerprint density at radius 2 is 1.95 bits per heavy atom. The molecule has 0 saturated heterocycles. The minimum atomic E-state index is -0.610. The third-order valence-corrected chi connectivity index (χ3v) is 3.23. The van der Waals surface area contributed by atoms with Gasteiger partial charge in [-0.05, 0) is 38.5 Å². The van der Waals surface area contributed by atoms with E-state index in [0.29, 0.717) is 5.69 Å². The van der Waals surface area contributed by atoms with E-state index in [2.05, 4.69) is 26.0 Å². The highest BCUT2D eigenvalue weighted by molar-refractivity contribution is 9.10.